The summed E-state index contributed by atoms with van der Waals surface area (Å²) in [5.74, 6) is -14.7. The van der Waals surface area contributed by atoms with Crippen molar-refractivity contribution in [2.45, 2.75) is 79.0 Å². The van der Waals surface area contributed by atoms with Crippen molar-refractivity contribution in [1.29, 1.82) is 0 Å². The van der Waals surface area contributed by atoms with Gasteiger partial charge in [-0.1, -0.05) is 108 Å². The number of halogens is 28. The Morgan fingerprint density at radius 3 is 1.14 bits per heavy atom. The van der Waals surface area contributed by atoms with Gasteiger partial charge in [-0.25, -0.2) is 43.9 Å². The van der Waals surface area contributed by atoms with E-state index in [0.717, 1.165) is 57.8 Å². The van der Waals surface area contributed by atoms with E-state index in [9.17, 15) is 123 Å². The highest BCUT2D eigenvalue weighted by Crippen LogP contribution is 2.42. The molecule has 0 fully saturated rings. The lowest BCUT2D eigenvalue weighted by molar-refractivity contribution is -0.276. The highest BCUT2D eigenvalue weighted by atomic mass is 19.4. The van der Waals surface area contributed by atoms with Crippen molar-refractivity contribution in [1.82, 2.24) is 0 Å². The van der Waals surface area contributed by atoms with Gasteiger partial charge in [0.1, 0.15) is 69.2 Å². The van der Waals surface area contributed by atoms with E-state index < -0.39 is 134 Å². The summed E-state index contributed by atoms with van der Waals surface area (Å²) >= 11 is 0. The maximum atomic E-state index is 13.7. The average molecular weight is 1470 g/mol. The minimum atomic E-state index is -5.21. The van der Waals surface area contributed by atoms with Crippen LogP contribution in [-0.2, 0) is 24.7 Å². The number of alkyl halides is 18. The van der Waals surface area contributed by atoms with E-state index >= 15 is 0 Å². The molecular formula is C72H44F28O2. The summed E-state index contributed by atoms with van der Waals surface area (Å²) in [5.41, 5.74) is -2.72. The third-order valence-corrected chi connectivity index (χ3v) is 14.4. The standard InChI is InChI=1S/C12H6F6.3C12H7F5.C12H8F4O.C12H9F3O/c1-5-2-6-4-8(14)10(12(16,17)18)11(15)9(6)7(13)3-5;1-6-2-7-4-11(14)9(12(15,16)17)5-8(7)10(13)3-6;1-6-4-7-2-3-8(12(15,16)17)11(14)10(7)9(13)5-6;1-6-2-3-8-7(4-6)5-9(13)10(11(8)14)12(15,16)17;1-7-2-4-9-8(6-7)3-5-10(11(9)13)17-12(14,15)16;1-8-2-3-10-7-11(16-12(13,14)15)5-4-9(10)6-8/h2-4H,1H3;3*2-5H,1H3;2-6H,1H3;2-7H,1H3. The Morgan fingerprint density at radius 1 is 0.235 bits per heavy atom. The molecule has 0 bridgehead atoms. The number of aryl methyl sites for hydroxylation is 6. The lowest BCUT2D eigenvalue weighted by atomic mass is 10.0. The molecule has 12 rings (SSSR count). The molecule has 0 aliphatic carbocycles. The van der Waals surface area contributed by atoms with Crippen molar-refractivity contribution in [3.63, 3.8) is 0 Å². The topological polar surface area (TPSA) is 18.5 Å². The molecule has 0 radical (unpaired) electrons. The Kier molecular flexibility index (Phi) is 23.4. The Labute approximate surface area is 557 Å². The SMILES string of the molecule is Cc1cc(F)c2c(F)c(C(F)(F)F)c(F)cc2c1.Cc1cc(F)c2c(F)c(C(F)(F)F)ccc2c1.Cc1cc(F)c2cc(C(F)(F)F)c(F)cc2c1.Cc1ccc2c(F)c(C(F)(F)F)c(F)cc2c1.Cc1ccc2c(F)c(OC(F)(F)F)ccc2c1.Cc1ccc2cc(OC(F)(F)F)ccc2c1. The number of rotatable bonds is 2. The molecule has 0 spiro atoms. The maximum Gasteiger partial charge on any atom is 0.573 e. The van der Waals surface area contributed by atoms with Crippen LogP contribution in [0.1, 0.15) is 55.6 Å². The molecule has 12 aromatic carbocycles. The van der Waals surface area contributed by atoms with E-state index in [-0.39, 0.29) is 43.5 Å². The van der Waals surface area contributed by atoms with Crippen LogP contribution in [0.15, 0.2) is 158 Å². The van der Waals surface area contributed by atoms with Crippen molar-refractivity contribution in [2.75, 3.05) is 0 Å². The first kappa shape index (κ1) is 79.2. The summed E-state index contributed by atoms with van der Waals surface area (Å²) in [4.78, 5) is 0. The van der Waals surface area contributed by atoms with Crippen molar-refractivity contribution >= 4 is 64.6 Å². The van der Waals surface area contributed by atoms with E-state index in [1.54, 1.807) is 45.0 Å². The van der Waals surface area contributed by atoms with Crippen molar-refractivity contribution in [2.24, 2.45) is 0 Å². The van der Waals surface area contributed by atoms with Crippen LogP contribution in [0, 0.1) is 99.7 Å². The molecule has 30 heteroatoms. The molecule has 540 valence electrons. The van der Waals surface area contributed by atoms with Gasteiger partial charge in [-0.2, -0.15) is 52.7 Å². The van der Waals surface area contributed by atoms with E-state index in [0.29, 0.717) is 52.4 Å². The highest BCUT2D eigenvalue weighted by molar-refractivity contribution is 5.89. The second-order valence-corrected chi connectivity index (χ2v) is 22.4. The van der Waals surface area contributed by atoms with E-state index in [2.05, 4.69) is 9.47 Å². The lowest BCUT2D eigenvalue weighted by Crippen LogP contribution is -2.17. The van der Waals surface area contributed by atoms with Crippen LogP contribution < -0.4 is 9.47 Å². The van der Waals surface area contributed by atoms with Crippen molar-refractivity contribution in [3.8, 4) is 11.5 Å². The van der Waals surface area contributed by atoms with Crippen LogP contribution in [0.2, 0.25) is 0 Å². The van der Waals surface area contributed by atoms with Crippen LogP contribution in [0.3, 0.4) is 0 Å². The lowest BCUT2D eigenvalue weighted by Gasteiger charge is -2.12. The molecule has 102 heavy (non-hydrogen) atoms. The van der Waals surface area contributed by atoms with Gasteiger partial charge in [0, 0.05) is 16.2 Å². The Hall–Kier alpha value is -10.2. The zero-order valence-corrected chi connectivity index (χ0v) is 52.4. The third kappa shape index (κ3) is 19.7. The summed E-state index contributed by atoms with van der Waals surface area (Å²) < 4.78 is 363. The molecule has 0 aromatic heterocycles. The van der Waals surface area contributed by atoms with Gasteiger partial charge < -0.3 is 9.47 Å². The van der Waals surface area contributed by atoms with Gasteiger partial charge in [0.15, 0.2) is 11.6 Å². The molecular weight excluding hydrogens is 1430 g/mol. The van der Waals surface area contributed by atoms with Gasteiger partial charge in [0.2, 0.25) is 0 Å². The second-order valence-electron chi connectivity index (χ2n) is 22.4. The molecule has 0 saturated carbocycles. The molecule has 0 unspecified atom stereocenters. The molecule has 0 saturated heterocycles. The van der Waals surface area contributed by atoms with Crippen LogP contribution in [0.25, 0.3) is 64.6 Å². The first-order valence-corrected chi connectivity index (χ1v) is 28.7. The number of hydrogen-bond acceptors (Lipinski definition) is 2. The van der Waals surface area contributed by atoms with Gasteiger partial charge in [0.25, 0.3) is 0 Å². The fourth-order valence-corrected chi connectivity index (χ4v) is 10.1. The highest BCUT2D eigenvalue weighted by Gasteiger charge is 2.41. The van der Waals surface area contributed by atoms with Crippen LogP contribution in [0.4, 0.5) is 123 Å². The molecule has 2 nitrogen and oxygen atoms in total. The van der Waals surface area contributed by atoms with Crippen molar-refractivity contribution < 1.29 is 132 Å². The summed E-state index contributed by atoms with van der Waals surface area (Å²) in [6.45, 7) is 10.1. The fraction of sp³-hybridized carbons (Fsp3) is 0.167. The third-order valence-electron chi connectivity index (χ3n) is 14.4. The van der Waals surface area contributed by atoms with Crippen LogP contribution >= 0.6 is 0 Å². The molecule has 0 heterocycles. The first-order valence-electron chi connectivity index (χ1n) is 28.7. The van der Waals surface area contributed by atoms with Gasteiger partial charge in [0.05, 0.1) is 21.9 Å². The molecule has 0 aliphatic heterocycles. The smallest absolute Gasteiger partial charge is 0.406 e. The zero-order valence-electron chi connectivity index (χ0n) is 52.4. The minimum absolute atomic E-state index is 0.109. The number of ether oxygens (including phenoxy) is 2. The number of hydrogen-bond donors (Lipinski definition) is 0. The van der Waals surface area contributed by atoms with Gasteiger partial charge in [-0.05, 0) is 163 Å². The van der Waals surface area contributed by atoms with Crippen LogP contribution in [-0.4, -0.2) is 12.7 Å². The number of benzene rings is 12. The number of fused-ring (bicyclic) bond motifs is 6. The summed E-state index contributed by atoms with van der Waals surface area (Å²) in [6.07, 6.45) is -29.4. The summed E-state index contributed by atoms with van der Waals surface area (Å²) in [5, 5.41) is 0.453. The van der Waals surface area contributed by atoms with Gasteiger partial charge in [-0.15, -0.1) is 26.3 Å². The fourth-order valence-electron chi connectivity index (χ4n) is 10.1. The minimum Gasteiger partial charge on any atom is -0.406 e. The monoisotopic (exact) mass is 1470 g/mol. The van der Waals surface area contributed by atoms with E-state index in [4.69, 9.17) is 0 Å². The zero-order chi connectivity index (χ0) is 76.4. The Morgan fingerprint density at radius 2 is 0.618 bits per heavy atom. The predicted molar refractivity (Wildman–Crippen MR) is 325 cm³/mol. The first-order chi connectivity index (χ1) is 46.9. The van der Waals surface area contributed by atoms with Gasteiger partial charge >= 0.3 is 37.4 Å². The second kappa shape index (κ2) is 30.2. The quantitative estimate of drug-likeness (QED) is 0.161. The molecule has 0 N–H and O–H groups in total. The predicted octanol–water partition coefficient (Wildman–Crippen LogP) is 26.2. The summed E-state index contributed by atoms with van der Waals surface area (Å²) in [7, 11) is 0. The van der Waals surface area contributed by atoms with Crippen LogP contribution in [0.5, 0.6) is 11.5 Å². The molecule has 12 aromatic rings. The maximum absolute atomic E-state index is 13.7. The Bertz CT molecular complexity index is 5060. The summed E-state index contributed by atoms with van der Waals surface area (Å²) in [6, 6.07) is 32.2. The largest absolute Gasteiger partial charge is 0.573 e. The molecule has 0 atom stereocenters. The molecule has 0 aliphatic rings. The van der Waals surface area contributed by atoms with E-state index in [1.807, 2.05) is 26.0 Å². The Balaban J connectivity index is 0.000000172. The molecule has 0 amide bonds. The van der Waals surface area contributed by atoms with E-state index in [1.165, 1.54) is 67.6 Å². The average Bonchev–Trinajstić information content (AvgIpc) is 0.771. The van der Waals surface area contributed by atoms with Gasteiger partial charge in [-0.3, -0.25) is 0 Å². The normalized spacial score (nSPS) is 12.0. The van der Waals surface area contributed by atoms with Crippen molar-refractivity contribution in [3.05, 3.63) is 272 Å².